The fraction of sp³-hybridized carbons (Fsp3) is 0.250. The number of nitrogens with zero attached hydrogens (tertiary/aromatic N) is 1. The van der Waals surface area contributed by atoms with Gasteiger partial charge in [-0.3, -0.25) is 9.59 Å². The van der Waals surface area contributed by atoms with E-state index >= 15 is 0 Å². The first kappa shape index (κ1) is 18.0. The third-order valence-electron chi connectivity index (χ3n) is 4.05. The summed E-state index contributed by atoms with van der Waals surface area (Å²) in [6, 6.07) is 16.8. The van der Waals surface area contributed by atoms with E-state index in [0.717, 1.165) is 29.0 Å². The molecule has 2 amide bonds. The van der Waals surface area contributed by atoms with Gasteiger partial charge in [-0.05, 0) is 42.7 Å². The monoisotopic (exact) mass is 365 g/mol. The van der Waals surface area contributed by atoms with Crippen molar-refractivity contribution < 1.29 is 9.59 Å². The molecule has 0 radical (unpaired) electrons. The summed E-state index contributed by atoms with van der Waals surface area (Å²) >= 11 is 1.35. The van der Waals surface area contributed by atoms with Crippen molar-refractivity contribution in [1.29, 1.82) is 5.26 Å². The molecule has 0 bridgehead atoms. The number of hydrogen-bond donors (Lipinski definition) is 2. The summed E-state index contributed by atoms with van der Waals surface area (Å²) in [6.45, 7) is 0.396. The molecule has 3 rings (SSSR count). The van der Waals surface area contributed by atoms with E-state index in [4.69, 9.17) is 5.26 Å². The Hall–Kier alpha value is -2.78. The Labute approximate surface area is 156 Å². The number of amides is 2. The van der Waals surface area contributed by atoms with Gasteiger partial charge in [0.05, 0.1) is 17.4 Å². The first-order valence-corrected chi connectivity index (χ1v) is 9.42. The molecule has 0 aliphatic heterocycles. The molecule has 0 heterocycles. The Morgan fingerprint density at radius 2 is 1.85 bits per heavy atom. The second-order valence-electron chi connectivity index (χ2n) is 6.09. The second-order valence-corrected chi connectivity index (χ2v) is 7.10. The normalized spacial score (nSPS) is 12.9. The van der Waals surface area contributed by atoms with Crippen molar-refractivity contribution in [3.63, 3.8) is 0 Å². The molecule has 6 heteroatoms. The van der Waals surface area contributed by atoms with E-state index in [1.54, 1.807) is 6.07 Å². The highest BCUT2D eigenvalue weighted by Gasteiger charge is 2.29. The summed E-state index contributed by atoms with van der Waals surface area (Å²) in [5, 5.41) is 14.5. The Morgan fingerprint density at radius 3 is 2.54 bits per heavy atom. The largest absolute Gasteiger partial charge is 0.348 e. The molecule has 26 heavy (non-hydrogen) atoms. The van der Waals surface area contributed by atoms with E-state index in [1.807, 2.05) is 42.5 Å². The third kappa shape index (κ3) is 4.87. The zero-order chi connectivity index (χ0) is 18.4. The molecule has 0 atom stereocenters. The van der Waals surface area contributed by atoms with Crippen molar-refractivity contribution in [2.45, 2.75) is 24.3 Å². The molecule has 1 fully saturated rings. The van der Waals surface area contributed by atoms with E-state index in [1.165, 1.54) is 11.8 Å². The van der Waals surface area contributed by atoms with E-state index in [2.05, 4.69) is 16.7 Å². The quantitative estimate of drug-likeness (QED) is 0.735. The molecule has 1 aliphatic rings. The van der Waals surface area contributed by atoms with Crippen LogP contribution in [0.1, 0.15) is 28.8 Å². The summed E-state index contributed by atoms with van der Waals surface area (Å²) in [4.78, 5) is 25.0. The van der Waals surface area contributed by atoms with E-state index in [0.29, 0.717) is 17.9 Å². The van der Waals surface area contributed by atoms with Gasteiger partial charge in [-0.15, -0.1) is 11.8 Å². The van der Waals surface area contributed by atoms with Gasteiger partial charge >= 0.3 is 0 Å². The molecule has 0 saturated heterocycles. The van der Waals surface area contributed by atoms with Gasteiger partial charge in [-0.1, -0.05) is 24.3 Å². The van der Waals surface area contributed by atoms with Crippen LogP contribution in [0, 0.1) is 17.2 Å². The zero-order valence-electron chi connectivity index (χ0n) is 14.2. The van der Waals surface area contributed by atoms with Crippen molar-refractivity contribution in [3.8, 4) is 6.07 Å². The van der Waals surface area contributed by atoms with Crippen molar-refractivity contribution in [2.24, 2.45) is 5.92 Å². The van der Waals surface area contributed by atoms with Crippen molar-refractivity contribution in [3.05, 3.63) is 59.7 Å². The summed E-state index contributed by atoms with van der Waals surface area (Å²) in [5.41, 5.74) is 2.29. The third-order valence-corrected chi connectivity index (χ3v) is 4.99. The first-order chi connectivity index (χ1) is 12.7. The van der Waals surface area contributed by atoms with Crippen LogP contribution < -0.4 is 10.6 Å². The highest BCUT2D eigenvalue weighted by atomic mass is 32.2. The molecule has 5 nitrogen and oxygen atoms in total. The number of thioether (sulfide) groups is 1. The highest BCUT2D eigenvalue weighted by molar-refractivity contribution is 7.99. The number of nitrogens with one attached hydrogen (secondary N) is 2. The van der Waals surface area contributed by atoms with Crippen LogP contribution in [0.15, 0.2) is 53.4 Å². The molecule has 2 N–H and O–H groups in total. The Kier molecular flexibility index (Phi) is 5.92. The predicted octanol–water partition coefficient (Wildman–Crippen LogP) is 3.58. The van der Waals surface area contributed by atoms with Crippen LogP contribution in [0.5, 0.6) is 0 Å². The second kappa shape index (κ2) is 8.54. The summed E-state index contributed by atoms with van der Waals surface area (Å²) < 4.78 is 0. The minimum absolute atomic E-state index is 0.0810. The Balaban J connectivity index is 1.56. The van der Waals surface area contributed by atoms with Gasteiger partial charge in [-0.25, -0.2) is 0 Å². The molecule has 1 saturated carbocycles. The van der Waals surface area contributed by atoms with Gasteiger partial charge in [0.2, 0.25) is 5.91 Å². The van der Waals surface area contributed by atoms with Crippen LogP contribution in [0.4, 0.5) is 5.69 Å². The molecule has 0 aromatic heterocycles. The highest BCUT2D eigenvalue weighted by Crippen LogP contribution is 2.30. The average molecular weight is 365 g/mol. The number of anilines is 1. The number of carbonyl (C=O) groups excluding carboxylic acids is 2. The van der Waals surface area contributed by atoms with Gasteiger partial charge in [-0.2, -0.15) is 5.26 Å². The average Bonchev–Trinajstić information content (AvgIpc) is 3.51. The lowest BCUT2D eigenvalue weighted by Gasteiger charge is -2.10. The number of benzene rings is 2. The fourth-order valence-corrected chi connectivity index (χ4v) is 3.17. The minimum Gasteiger partial charge on any atom is -0.348 e. The lowest BCUT2D eigenvalue weighted by Crippen LogP contribution is -2.23. The maximum Gasteiger partial charge on any atom is 0.252 e. The van der Waals surface area contributed by atoms with Crippen LogP contribution in [0.2, 0.25) is 0 Å². The molecule has 132 valence electrons. The number of nitriles is 1. The number of rotatable bonds is 7. The lowest BCUT2D eigenvalue weighted by molar-refractivity contribution is -0.117. The van der Waals surface area contributed by atoms with Gasteiger partial charge < -0.3 is 10.6 Å². The summed E-state index contributed by atoms with van der Waals surface area (Å²) in [6.07, 6.45) is 1.95. The van der Waals surface area contributed by atoms with Gasteiger partial charge in [0.1, 0.15) is 0 Å². The van der Waals surface area contributed by atoms with Crippen LogP contribution in [-0.2, 0) is 11.3 Å². The maximum atomic E-state index is 12.4. The molecule has 0 spiro atoms. The number of carbonyl (C=O) groups is 2. The van der Waals surface area contributed by atoms with Gasteiger partial charge in [0.15, 0.2) is 0 Å². The topological polar surface area (TPSA) is 82.0 Å². The van der Waals surface area contributed by atoms with Crippen LogP contribution >= 0.6 is 11.8 Å². The maximum absolute atomic E-state index is 12.4. The smallest absolute Gasteiger partial charge is 0.252 e. The van der Waals surface area contributed by atoms with Crippen LogP contribution in [-0.4, -0.2) is 17.6 Å². The molecule has 1 aliphatic carbocycles. The Morgan fingerprint density at radius 1 is 1.12 bits per heavy atom. The first-order valence-electron chi connectivity index (χ1n) is 8.44. The van der Waals surface area contributed by atoms with Gasteiger partial charge in [0.25, 0.3) is 5.91 Å². The predicted molar refractivity (Wildman–Crippen MR) is 102 cm³/mol. The SMILES string of the molecule is N#CCSc1ccccc1C(=O)NCc1ccc(NC(=O)C2CC2)cc1. The van der Waals surface area contributed by atoms with E-state index < -0.39 is 0 Å². The Bertz CT molecular complexity index is 839. The van der Waals surface area contributed by atoms with Crippen molar-refractivity contribution in [2.75, 3.05) is 11.1 Å². The molecule has 0 unspecified atom stereocenters. The fourth-order valence-electron chi connectivity index (χ4n) is 2.46. The molecular formula is C20H19N3O2S. The van der Waals surface area contributed by atoms with Gasteiger partial charge in [0, 0.05) is 23.0 Å². The van der Waals surface area contributed by atoms with Crippen molar-refractivity contribution >= 4 is 29.3 Å². The minimum atomic E-state index is -0.169. The van der Waals surface area contributed by atoms with Crippen LogP contribution in [0.25, 0.3) is 0 Å². The number of hydrogen-bond acceptors (Lipinski definition) is 4. The van der Waals surface area contributed by atoms with Crippen LogP contribution in [0.3, 0.4) is 0 Å². The zero-order valence-corrected chi connectivity index (χ0v) is 15.0. The summed E-state index contributed by atoms with van der Waals surface area (Å²) in [7, 11) is 0. The standard InChI is InChI=1S/C20H19N3O2S/c21-11-12-26-18-4-2-1-3-17(18)20(25)22-13-14-5-9-16(10-6-14)23-19(24)15-7-8-15/h1-6,9-10,15H,7-8,12-13H2,(H,22,25)(H,23,24). The molecule has 2 aromatic rings. The van der Waals surface area contributed by atoms with E-state index in [9.17, 15) is 9.59 Å². The van der Waals surface area contributed by atoms with Crippen molar-refractivity contribution in [1.82, 2.24) is 5.32 Å². The molecular weight excluding hydrogens is 346 g/mol. The molecule has 2 aromatic carbocycles. The lowest BCUT2D eigenvalue weighted by atomic mass is 10.1. The van der Waals surface area contributed by atoms with E-state index in [-0.39, 0.29) is 17.7 Å². The summed E-state index contributed by atoms with van der Waals surface area (Å²) in [5.74, 6) is 0.390.